The van der Waals surface area contributed by atoms with Gasteiger partial charge in [-0.2, -0.15) is 0 Å². The first-order valence-electron chi connectivity index (χ1n) is 9.15. The van der Waals surface area contributed by atoms with E-state index in [4.69, 9.17) is 9.47 Å². The Balaban J connectivity index is 2.02. The smallest absolute Gasteiger partial charge is 0.338 e. The number of ether oxygens (including phenoxy) is 4. The molecule has 2 aromatic rings. The topological polar surface area (TPSA) is 71.1 Å². The number of carbonyl (C=O) groups is 2. The molecule has 0 radical (unpaired) electrons. The fraction of sp³-hybridized carbons (Fsp3) is 0.0833. The van der Waals surface area contributed by atoms with E-state index in [-0.39, 0.29) is 22.6 Å². The van der Waals surface area contributed by atoms with Crippen molar-refractivity contribution in [3.05, 3.63) is 97.4 Å². The van der Waals surface area contributed by atoms with Crippen LogP contribution in [0.2, 0.25) is 0 Å². The van der Waals surface area contributed by atoms with Gasteiger partial charge in [-0.3, -0.25) is 0 Å². The van der Waals surface area contributed by atoms with Crippen molar-refractivity contribution in [1.29, 1.82) is 0 Å². The second kappa shape index (κ2) is 11.3. The molecule has 0 aliphatic heterocycles. The van der Waals surface area contributed by atoms with Crippen LogP contribution in [-0.4, -0.2) is 11.9 Å². The quantitative estimate of drug-likeness (QED) is 0.287. The fourth-order valence-electron chi connectivity index (χ4n) is 2.13. The minimum absolute atomic E-state index is 0.119. The van der Waals surface area contributed by atoms with Crippen molar-refractivity contribution in [3.8, 4) is 22.6 Å². The van der Waals surface area contributed by atoms with Crippen molar-refractivity contribution in [2.24, 2.45) is 0 Å². The van der Waals surface area contributed by atoms with E-state index in [0.717, 1.165) is 37.2 Å². The lowest BCUT2D eigenvalue weighted by molar-refractivity contribution is -0.134. The standard InChI is InChI=1S/C24H20F2O6/c1-15(2)23(27)31-11-9-29-21-7-5-17(13-19(21)25)18-6-8-22(20(26)14-18)30-10-12-32-24(28)16(3)4/h5-14H,1,3H2,2,4H3. The molecule has 0 bridgehead atoms. The van der Waals surface area contributed by atoms with E-state index in [1.54, 1.807) is 0 Å². The number of carbonyl (C=O) groups excluding carboxylic acids is 2. The molecular formula is C24H20F2O6. The zero-order valence-electron chi connectivity index (χ0n) is 17.4. The van der Waals surface area contributed by atoms with Gasteiger partial charge in [0.2, 0.25) is 0 Å². The molecule has 0 amide bonds. The Morgan fingerprint density at radius 1 is 0.719 bits per heavy atom. The molecule has 0 aliphatic rings. The SMILES string of the molecule is C=C(C)C(=O)OC=COc1ccc(-c2ccc(OC=COC(=O)C(=C)C)c(F)c2)cc1F. The zero-order valence-corrected chi connectivity index (χ0v) is 17.4. The van der Waals surface area contributed by atoms with E-state index in [1.165, 1.54) is 38.1 Å². The molecular weight excluding hydrogens is 422 g/mol. The Kier molecular flexibility index (Phi) is 8.47. The van der Waals surface area contributed by atoms with E-state index in [2.05, 4.69) is 22.6 Å². The summed E-state index contributed by atoms with van der Waals surface area (Å²) in [6.07, 6.45) is 3.94. The highest BCUT2D eigenvalue weighted by Crippen LogP contribution is 2.29. The lowest BCUT2D eigenvalue weighted by Gasteiger charge is -2.08. The van der Waals surface area contributed by atoms with E-state index >= 15 is 0 Å². The van der Waals surface area contributed by atoms with Crippen LogP contribution < -0.4 is 9.47 Å². The van der Waals surface area contributed by atoms with Gasteiger partial charge in [-0.05, 0) is 49.2 Å². The van der Waals surface area contributed by atoms with Gasteiger partial charge in [0, 0.05) is 11.1 Å². The highest BCUT2D eigenvalue weighted by atomic mass is 19.1. The molecule has 0 aromatic heterocycles. The first-order valence-corrected chi connectivity index (χ1v) is 9.15. The Morgan fingerprint density at radius 3 is 1.41 bits per heavy atom. The summed E-state index contributed by atoms with van der Waals surface area (Å²) in [4.78, 5) is 22.5. The molecule has 6 nitrogen and oxygen atoms in total. The molecule has 0 unspecified atom stereocenters. The first kappa shape index (κ1) is 24.1. The predicted molar refractivity (Wildman–Crippen MR) is 113 cm³/mol. The molecule has 2 aromatic carbocycles. The monoisotopic (exact) mass is 442 g/mol. The van der Waals surface area contributed by atoms with E-state index < -0.39 is 23.6 Å². The van der Waals surface area contributed by atoms with Crippen LogP contribution in [-0.2, 0) is 19.1 Å². The number of benzene rings is 2. The molecule has 32 heavy (non-hydrogen) atoms. The van der Waals surface area contributed by atoms with Gasteiger partial charge in [-0.1, -0.05) is 25.3 Å². The van der Waals surface area contributed by atoms with Gasteiger partial charge in [0.05, 0.1) is 0 Å². The molecule has 0 N–H and O–H groups in total. The maximum absolute atomic E-state index is 14.3. The zero-order chi connectivity index (χ0) is 23.7. The minimum atomic E-state index is -0.707. The van der Waals surface area contributed by atoms with Gasteiger partial charge >= 0.3 is 11.9 Å². The largest absolute Gasteiger partial charge is 0.459 e. The average Bonchev–Trinajstić information content (AvgIpc) is 2.75. The van der Waals surface area contributed by atoms with Crippen molar-refractivity contribution in [3.63, 3.8) is 0 Å². The van der Waals surface area contributed by atoms with Gasteiger partial charge in [0.25, 0.3) is 0 Å². The van der Waals surface area contributed by atoms with Gasteiger partial charge < -0.3 is 18.9 Å². The van der Waals surface area contributed by atoms with Gasteiger partial charge in [0.1, 0.15) is 25.0 Å². The highest BCUT2D eigenvalue weighted by molar-refractivity contribution is 5.87. The summed E-state index contributed by atoms with van der Waals surface area (Å²) in [5.41, 5.74) is 1.19. The molecule has 0 fully saturated rings. The third-order valence-corrected chi connectivity index (χ3v) is 3.75. The lowest BCUT2D eigenvalue weighted by Crippen LogP contribution is -1.99. The number of esters is 2. The molecule has 2 rings (SSSR count). The second-order valence-corrected chi connectivity index (χ2v) is 6.44. The van der Waals surface area contributed by atoms with Crippen molar-refractivity contribution in [1.82, 2.24) is 0 Å². The van der Waals surface area contributed by atoms with Crippen LogP contribution >= 0.6 is 0 Å². The number of hydrogen-bond donors (Lipinski definition) is 0. The van der Waals surface area contributed by atoms with Crippen LogP contribution in [0.5, 0.6) is 11.5 Å². The molecule has 0 spiro atoms. The first-order chi connectivity index (χ1) is 15.2. The van der Waals surface area contributed by atoms with Crippen LogP contribution in [0.15, 0.2) is 85.8 Å². The normalized spacial score (nSPS) is 10.8. The second-order valence-electron chi connectivity index (χ2n) is 6.44. The fourth-order valence-corrected chi connectivity index (χ4v) is 2.13. The van der Waals surface area contributed by atoms with E-state index in [1.807, 2.05) is 0 Å². The van der Waals surface area contributed by atoms with E-state index in [0.29, 0.717) is 11.1 Å². The highest BCUT2D eigenvalue weighted by Gasteiger charge is 2.10. The van der Waals surface area contributed by atoms with Crippen LogP contribution in [0.25, 0.3) is 11.1 Å². The molecule has 0 aliphatic carbocycles. The summed E-state index contributed by atoms with van der Waals surface area (Å²) in [5, 5.41) is 0. The maximum atomic E-state index is 14.3. The predicted octanol–water partition coefficient (Wildman–Crippen LogP) is 5.57. The third-order valence-electron chi connectivity index (χ3n) is 3.75. The summed E-state index contributed by atoms with van der Waals surface area (Å²) in [5.74, 6) is -2.93. The Morgan fingerprint density at radius 2 is 1.09 bits per heavy atom. The molecule has 0 saturated heterocycles. The number of rotatable bonds is 9. The average molecular weight is 442 g/mol. The van der Waals surface area contributed by atoms with Gasteiger partial charge in [-0.15, -0.1) is 0 Å². The molecule has 8 heteroatoms. The van der Waals surface area contributed by atoms with Gasteiger partial charge in [0.15, 0.2) is 23.1 Å². The summed E-state index contributed by atoms with van der Waals surface area (Å²) < 4.78 is 48.1. The Labute approximate surface area is 183 Å². The summed E-state index contributed by atoms with van der Waals surface area (Å²) >= 11 is 0. The summed E-state index contributed by atoms with van der Waals surface area (Å²) in [7, 11) is 0. The summed E-state index contributed by atoms with van der Waals surface area (Å²) in [6, 6.07) is 8.06. The third kappa shape index (κ3) is 6.94. The number of halogens is 2. The molecule has 0 saturated carbocycles. The summed E-state index contributed by atoms with van der Waals surface area (Å²) in [6.45, 7) is 9.80. The molecule has 166 valence electrons. The maximum Gasteiger partial charge on any atom is 0.338 e. The van der Waals surface area contributed by atoms with Crippen LogP contribution in [0.4, 0.5) is 8.78 Å². The van der Waals surface area contributed by atoms with Crippen LogP contribution in [0.3, 0.4) is 0 Å². The van der Waals surface area contributed by atoms with Crippen molar-refractivity contribution in [2.45, 2.75) is 13.8 Å². The minimum Gasteiger partial charge on any atom is -0.459 e. The van der Waals surface area contributed by atoms with Crippen molar-refractivity contribution >= 4 is 11.9 Å². The molecule has 0 atom stereocenters. The van der Waals surface area contributed by atoms with E-state index in [9.17, 15) is 18.4 Å². The Bertz CT molecular complexity index is 1010. The van der Waals surface area contributed by atoms with Crippen LogP contribution in [0.1, 0.15) is 13.8 Å². The Hall–Kier alpha value is -4.20. The van der Waals surface area contributed by atoms with Crippen LogP contribution in [0, 0.1) is 11.6 Å². The lowest BCUT2D eigenvalue weighted by atomic mass is 10.0. The van der Waals surface area contributed by atoms with Gasteiger partial charge in [-0.25, -0.2) is 18.4 Å². The van der Waals surface area contributed by atoms with Crippen molar-refractivity contribution < 1.29 is 37.3 Å². The van der Waals surface area contributed by atoms with Crippen molar-refractivity contribution in [2.75, 3.05) is 0 Å². The molecule has 0 heterocycles. The number of hydrogen-bond acceptors (Lipinski definition) is 6.